The van der Waals surface area contributed by atoms with E-state index in [9.17, 15) is 13.2 Å². The van der Waals surface area contributed by atoms with E-state index in [1.807, 2.05) is 6.92 Å². The van der Waals surface area contributed by atoms with Crippen LogP contribution in [0.3, 0.4) is 0 Å². The van der Waals surface area contributed by atoms with Crippen molar-refractivity contribution >= 4 is 27.3 Å². The molecule has 0 fully saturated rings. The molecule has 1 aliphatic heterocycles. The fourth-order valence-corrected chi connectivity index (χ4v) is 3.49. The third-order valence-electron chi connectivity index (χ3n) is 3.53. The highest BCUT2D eigenvalue weighted by molar-refractivity contribution is 7.92. The number of carbonyl (C=O) groups excluding carboxylic acids is 1. The van der Waals surface area contributed by atoms with Gasteiger partial charge in [-0.25, -0.2) is 8.42 Å². The summed E-state index contributed by atoms with van der Waals surface area (Å²) in [7, 11) is -3.74. The molecule has 1 amide bonds. The molecule has 0 aliphatic carbocycles. The number of hydrogen-bond acceptors (Lipinski definition) is 4. The number of nitrogens with zero attached hydrogens (tertiary/aromatic N) is 1. The summed E-state index contributed by atoms with van der Waals surface area (Å²) in [6.07, 6.45) is 0. The molecule has 2 aromatic rings. The lowest BCUT2D eigenvalue weighted by Crippen LogP contribution is -2.38. The van der Waals surface area contributed by atoms with E-state index in [1.54, 1.807) is 36.4 Å². The molecule has 6 nitrogen and oxygen atoms in total. The number of fused-ring (bicyclic) bond motifs is 1. The molecule has 0 saturated heterocycles. The van der Waals surface area contributed by atoms with E-state index in [0.29, 0.717) is 23.7 Å². The summed E-state index contributed by atoms with van der Waals surface area (Å²) in [5, 5.41) is 0. The standard InChI is InChI=1S/C16H16N2O4S/c1-2-18-14-10-13(8-9-15(14)22-11-16(18)19)23(20,21)17-12-6-4-3-5-7-12/h3-10,17H,2,11H2,1H3. The predicted molar refractivity (Wildman–Crippen MR) is 87.2 cm³/mol. The smallest absolute Gasteiger partial charge is 0.265 e. The topological polar surface area (TPSA) is 75.7 Å². The van der Waals surface area contributed by atoms with Gasteiger partial charge in [0.25, 0.3) is 15.9 Å². The molecule has 2 aromatic carbocycles. The van der Waals surface area contributed by atoms with Crippen LogP contribution in [0.25, 0.3) is 0 Å². The maximum atomic E-state index is 12.5. The van der Waals surface area contributed by atoms with Crippen LogP contribution in [-0.4, -0.2) is 27.5 Å². The van der Waals surface area contributed by atoms with Crippen molar-refractivity contribution in [2.24, 2.45) is 0 Å². The number of anilines is 2. The maximum absolute atomic E-state index is 12.5. The lowest BCUT2D eigenvalue weighted by atomic mass is 10.2. The van der Waals surface area contributed by atoms with Crippen molar-refractivity contribution in [3.05, 3.63) is 48.5 Å². The van der Waals surface area contributed by atoms with Gasteiger partial charge in [0, 0.05) is 12.2 Å². The number of likely N-dealkylation sites (N-methyl/N-ethyl adjacent to an activating group) is 1. The van der Waals surface area contributed by atoms with Gasteiger partial charge in [0.2, 0.25) is 0 Å². The van der Waals surface area contributed by atoms with Gasteiger partial charge in [0.05, 0.1) is 10.6 Å². The van der Waals surface area contributed by atoms with Crippen LogP contribution in [-0.2, 0) is 14.8 Å². The van der Waals surface area contributed by atoms with Crippen LogP contribution in [0.1, 0.15) is 6.92 Å². The Morgan fingerprint density at radius 3 is 2.61 bits per heavy atom. The van der Waals surface area contributed by atoms with Crippen molar-refractivity contribution < 1.29 is 17.9 Å². The highest BCUT2D eigenvalue weighted by atomic mass is 32.2. The van der Waals surface area contributed by atoms with E-state index in [2.05, 4.69) is 4.72 Å². The molecule has 3 rings (SSSR count). The van der Waals surface area contributed by atoms with Crippen LogP contribution >= 0.6 is 0 Å². The fourth-order valence-electron chi connectivity index (χ4n) is 2.42. The molecular formula is C16H16N2O4S. The lowest BCUT2D eigenvalue weighted by Gasteiger charge is -2.28. The van der Waals surface area contributed by atoms with Crippen molar-refractivity contribution in [3.8, 4) is 5.75 Å². The number of hydrogen-bond donors (Lipinski definition) is 1. The van der Waals surface area contributed by atoms with Gasteiger partial charge in [0.1, 0.15) is 5.75 Å². The lowest BCUT2D eigenvalue weighted by molar-refractivity contribution is -0.121. The Kier molecular flexibility index (Phi) is 3.96. The summed E-state index contributed by atoms with van der Waals surface area (Å²) in [5.41, 5.74) is 0.949. The highest BCUT2D eigenvalue weighted by Gasteiger charge is 2.26. The molecular weight excluding hydrogens is 316 g/mol. The van der Waals surface area contributed by atoms with E-state index >= 15 is 0 Å². The molecule has 1 aliphatic rings. The van der Waals surface area contributed by atoms with Gasteiger partial charge >= 0.3 is 0 Å². The van der Waals surface area contributed by atoms with Crippen LogP contribution in [0.2, 0.25) is 0 Å². The van der Waals surface area contributed by atoms with Crippen molar-refractivity contribution in [1.82, 2.24) is 0 Å². The van der Waals surface area contributed by atoms with Crippen molar-refractivity contribution in [2.75, 3.05) is 22.8 Å². The molecule has 0 bridgehead atoms. The summed E-state index contributed by atoms with van der Waals surface area (Å²) >= 11 is 0. The monoisotopic (exact) mass is 332 g/mol. The number of para-hydroxylation sites is 1. The molecule has 0 atom stereocenters. The average Bonchev–Trinajstić information content (AvgIpc) is 2.55. The first-order valence-electron chi connectivity index (χ1n) is 7.16. The Balaban J connectivity index is 1.98. The number of rotatable bonds is 4. The predicted octanol–water partition coefficient (Wildman–Crippen LogP) is 2.23. The number of carbonyl (C=O) groups is 1. The zero-order chi connectivity index (χ0) is 16.4. The molecule has 23 heavy (non-hydrogen) atoms. The summed E-state index contributed by atoms with van der Waals surface area (Å²) in [6.45, 7) is 2.25. The summed E-state index contributed by atoms with van der Waals surface area (Å²) in [4.78, 5) is 13.5. The molecule has 0 unspecified atom stereocenters. The Morgan fingerprint density at radius 2 is 1.91 bits per heavy atom. The summed E-state index contributed by atoms with van der Waals surface area (Å²) in [5.74, 6) is 0.315. The van der Waals surface area contributed by atoms with Gasteiger partial charge in [-0.2, -0.15) is 0 Å². The molecule has 0 saturated carbocycles. The number of nitrogens with one attached hydrogen (secondary N) is 1. The van der Waals surface area contributed by atoms with Gasteiger partial charge in [-0.3, -0.25) is 9.52 Å². The van der Waals surface area contributed by atoms with E-state index in [4.69, 9.17) is 4.74 Å². The first-order chi connectivity index (χ1) is 11.0. The van der Waals surface area contributed by atoms with Gasteiger partial charge < -0.3 is 9.64 Å². The first kappa shape index (κ1) is 15.4. The second-order valence-electron chi connectivity index (χ2n) is 5.03. The quantitative estimate of drug-likeness (QED) is 0.931. The second kappa shape index (κ2) is 5.92. The van der Waals surface area contributed by atoms with E-state index in [1.165, 1.54) is 17.0 Å². The molecule has 120 valence electrons. The van der Waals surface area contributed by atoms with Crippen LogP contribution in [0, 0.1) is 0 Å². The zero-order valence-electron chi connectivity index (χ0n) is 12.5. The third-order valence-corrected chi connectivity index (χ3v) is 4.90. The third kappa shape index (κ3) is 3.00. The van der Waals surface area contributed by atoms with Crippen molar-refractivity contribution in [2.45, 2.75) is 11.8 Å². The van der Waals surface area contributed by atoms with Crippen LogP contribution in [0.4, 0.5) is 11.4 Å². The maximum Gasteiger partial charge on any atom is 0.265 e. The molecule has 7 heteroatoms. The van der Waals surface area contributed by atoms with Crippen molar-refractivity contribution in [1.29, 1.82) is 0 Å². The Labute approximate surface area is 134 Å². The zero-order valence-corrected chi connectivity index (χ0v) is 13.3. The minimum absolute atomic E-state index is 0.0325. The van der Waals surface area contributed by atoms with Gasteiger partial charge in [0.15, 0.2) is 6.61 Å². The van der Waals surface area contributed by atoms with E-state index < -0.39 is 10.0 Å². The fraction of sp³-hybridized carbons (Fsp3) is 0.188. The largest absolute Gasteiger partial charge is 0.482 e. The number of benzene rings is 2. The normalized spacial score (nSPS) is 14.1. The minimum atomic E-state index is -3.74. The summed E-state index contributed by atoms with van der Waals surface area (Å²) < 4.78 is 32.9. The number of amides is 1. The molecule has 0 spiro atoms. The van der Waals surface area contributed by atoms with Gasteiger partial charge in [-0.1, -0.05) is 18.2 Å². The van der Waals surface area contributed by atoms with Crippen molar-refractivity contribution in [3.63, 3.8) is 0 Å². The summed E-state index contributed by atoms with van der Waals surface area (Å²) in [6, 6.07) is 13.1. The Bertz CT molecular complexity index is 834. The minimum Gasteiger partial charge on any atom is -0.482 e. The van der Waals surface area contributed by atoms with Gasteiger partial charge in [-0.15, -0.1) is 0 Å². The van der Waals surface area contributed by atoms with E-state index in [0.717, 1.165) is 0 Å². The first-order valence-corrected chi connectivity index (χ1v) is 8.64. The Hall–Kier alpha value is -2.54. The number of ether oxygens (including phenoxy) is 1. The van der Waals surface area contributed by atoms with Crippen LogP contribution in [0.15, 0.2) is 53.4 Å². The number of sulfonamides is 1. The van der Waals surface area contributed by atoms with Crippen LogP contribution in [0.5, 0.6) is 5.75 Å². The molecule has 1 heterocycles. The van der Waals surface area contributed by atoms with E-state index in [-0.39, 0.29) is 17.4 Å². The SMILES string of the molecule is CCN1C(=O)COc2ccc(S(=O)(=O)Nc3ccccc3)cc21. The molecule has 1 N–H and O–H groups in total. The average molecular weight is 332 g/mol. The second-order valence-corrected chi connectivity index (χ2v) is 6.71. The van der Waals surface area contributed by atoms with Crippen LogP contribution < -0.4 is 14.4 Å². The molecule has 0 radical (unpaired) electrons. The Morgan fingerprint density at radius 1 is 1.17 bits per heavy atom. The molecule has 0 aromatic heterocycles. The highest BCUT2D eigenvalue weighted by Crippen LogP contribution is 2.34. The van der Waals surface area contributed by atoms with Gasteiger partial charge in [-0.05, 0) is 37.3 Å².